The lowest BCUT2D eigenvalue weighted by Crippen LogP contribution is -2.61. The maximum atomic E-state index is 12.4. The number of aromatic nitrogens is 2. The molecule has 1 aromatic carbocycles. The Morgan fingerprint density at radius 2 is 1.98 bits per heavy atom. The first kappa shape index (κ1) is 25.0. The van der Waals surface area contributed by atoms with E-state index in [0.29, 0.717) is 18.0 Å². The number of nitrogens with zero attached hydrogens (tertiary/aromatic N) is 5. The van der Waals surface area contributed by atoms with E-state index in [4.69, 9.17) is 5.10 Å². The molecule has 8 rings (SSSR count). The number of carbonyl (C=O) groups excluding carboxylic acids is 1. The second kappa shape index (κ2) is 8.73. The highest BCUT2D eigenvalue weighted by Crippen LogP contribution is 2.63. The quantitative estimate of drug-likeness (QED) is 0.408. The summed E-state index contributed by atoms with van der Waals surface area (Å²) in [7, 11) is 0. The van der Waals surface area contributed by atoms with Gasteiger partial charge in [-0.1, -0.05) is 12.1 Å². The summed E-state index contributed by atoms with van der Waals surface area (Å²) in [6, 6.07) is 14.9. The lowest BCUT2D eigenvalue weighted by molar-refractivity contribution is -0.139. The highest BCUT2D eigenvalue weighted by molar-refractivity contribution is 6.19. The maximum Gasteiger partial charge on any atom is 0.251 e. The van der Waals surface area contributed by atoms with Crippen molar-refractivity contribution >= 4 is 28.5 Å². The van der Waals surface area contributed by atoms with E-state index in [0.717, 1.165) is 78.0 Å². The van der Waals surface area contributed by atoms with Crippen LogP contribution in [0.3, 0.4) is 0 Å². The number of carbonyl (C=O) groups is 1. The van der Waals surface area contributed by atoms with Crippen molar-refractivity contribution in [3.8, 4) is 17.3 Å². The lowest BCUT2D eigenvalue weighted by atomic mass is 9.61. The third-order valence-corrected chi connectivity index (χ3v) is 9.33. The molecule has 3 heterocycles. The predicted octanol–water partition coefficient (Wildman–Crippen LogP) is 4.59. The number of rotatable bonds is 7. The molecule has 0 unspecified atom stereocenters. The minimum atomic E-state index is -1.38. The van der Waals surface area contributed by atoms with Crippen molar-refractivity contribution < 1.29 is 9.90 Å². The van der Waals surface area contributed by atoms with E-state index in [2.05, 4.69) is 45.1 Å². The van der Waals surface area contributed by atoms with Crippen LogP contribution in [0.15, 0.2) is 52.8 Å². The number of aliphatic hydroxyl groups is 1. The van der Waals surface area contributed by atoms with Gasteiger partial charge < -0.3 is 15.7 Å². The van der Waals surface area contributed by atoms with Gasteiger partial charge >= 0.3 is 0 Å². The molecule has 3 aromatic rings. The van der Waals surface area contributed by atoms with Crippen molar-refractivity contribution in [2.45, 2.75) is 82.4 Å². The Morgan fingerprint density at radius 1 is 1.15 bits per heavy atom. The molecule has 0 spiro atoms. The highest BCUT2D eigenvalue weighted by atomic mass is 16.3. The van der Waals surface area contributed by atoms with Crippen molar-refractivity contribution in [2.24, 2.45) is 15.6 Å². The second-order valence-corrected chi connectivity index (χ2v) is 12.6. The molecule has 4 aliphatic carbocycles. The van der Waals surface area contributed by atoms with E-state index in [1.54, 1.807) is 6.20 Å². The van der Waals surface area contributed by atoms with E-state index in [9.17, 15) is 15.2 Å². The van der Waals surface area contributed by atoms with Crippen LogP contribution in [0.2, 0.25) is 0 Å². The smallest absolute Gasteiger partial charge is 0.251 e. The fourth-order valence-corrected chi connectivity index (χ4v) is 6.89. The van der Waals surface area contributed by atoms with Crippen LogP contribution in [-0.4, -0.2) is 49.2 Å². The van der Waals surface area contributed by atoms with Gasteiger partial charge in [0.1, 0.15) is 11.7 Å². The summed E-state index contributed by atoms with van der Waals surface area (Å²) in [6.07, 6.45) is 9.46. The van der Waals surface area contributed by atoms with Crippen LogP contribution in [-0.2, 0) is 4.79 Å². The molecule has 3 N–H and O–H groups in total. The number of nitrogens with one attached hydrogen (secondary N) is 2. The van der Waals surface area contributed by atoms with E-state index >= 15 is 0 Å². The van der Waals surface area contributed by atoms with Gasteiger partial charge in [0.15, 0.2) is 0 Å². The molecular formula is C31H33N7O2. The van der Waals surface area contributed by atoms with Gasteiger partial charge in [-0.05, 0) is 83.1 Å². The SMILES string of the molecule is CC(C)(O)C(=O)NC12CCC(C3=NN=C(c4ccc(-c5ccc6cc(C#N)cnn56)cc4NC4CCC4)C3)(C1)C2. The normalized spacial score (nSPS) is 25.6. The third kappa shape index (κ3) is 4.01. The Morgan fingerprint density at radius 3 is 2.70 bits per heavy atom. The number of anilines is 1. The number of hydrogen-bond donors (Lipinski definition) is 3. The van der Waals surface area contributed by atoms with Crippen molar-refractivity contribution in [1.82, 2.24) is 14.9 Å². The molecule has 0 saturated heterocycles. The Bertz CT molecular complexity index is 1640. The molecule has 4 fully saturated rings. The molecule has 5 aliphatic rings. The summed E-state index contributed by atoms with van der Waals surface area (Å²) in [5.41, 5.74) is 6.03. The fourth-order valence-electron chi connectivity index (χ4n) is 6.89. The van der Waals surface area contributed by atoms with Crippen LogP contribution >= 0.6 is 0 Å². The standard InChI is InChI=1S/C31H33N7O2/c1-29(2,40)28(39)35-31-11-10-30(17-31,18-31)27-14-25(36-37-27)23-8-6-20(13-24(23)34-21-4-3-5-21)26-9-7-22-12-19(15-32)16-33-38(22)26/h6-9,12-13,16,21,34,40H,3-5,10-11,14,17-18H2,1-2H3,(H,35,39). The van der Waals surface area contributed by atoms with E-state index in [1.807, 2.05) is 22.7 Å². The molecule has 9 nitrogen and oxygen atoms in total. The first-order chi connectivity index (χ1) is 19.2. The minimum absolute atomic E-state index is 0.0154. The number of fused-ring (bicyclic) bond motifs is 2. The number of benzene rings is 1. The molecule has 0 atom stereocenters. The van der Waals surface area contributed by atoms with Gasteiger partial charge in [0, 0.05) is 40.2 Å². The Labute approximate surface area is 233 Å². The monoisotopic (exact) mass is 535 g/mol. The summed E-state index contributed by atoms with van der Waals surface area (Å²) in [6.45, 7) is 3.06. The molecule has 204 valence electrons. The van der Waals surface area contributed by atoms with Crippen LogP contribution in [0, 0.1) is 16.7 Å². The first-order valence-electron chi connectivity index (χ1n) is 14.2. The number of amides is 1. The summed E-state index contributed by atoms with van der Waals surface area (Å²) < 4.78 is 1.87. The molecule has 9 heteroatoms. The van der Waals surface area contributed by atoms with Gasteiger partial charge in [-0.15, -0.1) is 0 Å². The van der Waals surface area contributed by atoms with Crippen molar-refractivity contribution in [3.63, 3.8) is 0 Å². The molecule has 1 amide bonds. The van der Waals surface area contributed by atoms with Crippen molar-refractivity contribution in [3.05, 3.63) is 53.7 Å². The van der Waals surface area contributed by atoms with E-state index in [1.165, 1.54) is 20.3 Å². The maximum absolute atomic E-state index is 12.4. The van der Waals surface area contributed by atoms with Gasteiger partial charge in [-0.3, -0.25) is 4.79 Å². The Hall–Kier alpha value is -4.03. The summed E-state index contributed by atoms with van der Waals surface area (Å²) >= 11 is 0. The molecular weight excluding hydrogens is 502 g/mol. The molecule has 2 bridgehead atoms. The van der Waals surface area contributed by atoms with Crippen molar-refractivity contribution in [2.75, 3.05) is 5.32 Å². The average molecular weight is 536 g/mol. The first-order valence-corrected chi connectivity index (χ1v) is 14.2. The number of hydrogen-bond acceptors (Lipinski definition) is 7. The topological polar surface area (TPSA) is 127 Å². The zero-order valence-electron chi connectivity index (χ0n) is 22.9. The van der Waals surface area contributed by atoms with Crippen LogP contribution in [0.25, 0.3) is 16.8 Å². The molecule has 1 aliphatic heterocycles. The van der Waals surface area contributed by atoms with Crippen LogP contribution in [0.4, 0.5) is 5.69 Å². The van der Waals surface area contributed by atoms with Crippen LogP contribution in [0.5, 0.6) is 0 Å². The Balaban J connectivity index is 1.12. The van der Waals surface area contributed by atoms with Gasteiger partial charge in [0.2, 0.25) is 0 Å². The van der Waals surface area contributed by atoms with E-state index < -0.39 is 5.60 Å². The van der Waals surface area contributed by atoms with Gasteiger partial charge in [-0.25, -0.2) is 4.52 Å². The van der Waals surface area contributed by atoms with Crippen LogP contribution in [0.1, 0.15) is 76.3 Å². The zero-order valence-corrected chi connectivity index (χ0v) is 22.9. The summed E-state index contributed by atoms with van der Waals surface area (Å²) in [5.74, 6) is -0.309. The molecule has 40 heavy (non-hydrogen) atoms. The Kier molecular flexibility index (Phi) is 5.45. The lowest BCUT2D eigenvalue weighted by Gasteiger charge is -2.48. The van der Waals surface area contributed by atoms with Gasteiger partial charge in [0.25, 0.3) is 5.91 Å². The molecule has 0 radical (unpaired) electrons. The van der Waals surface area contributed by atoms with Gasteiger partial charge in [0.05, 0.1) is 34.4 Å². The molecule has 2 aromatic heterocycles. The summed E-state index contributed by atoms with van der Waals surface area (Å²) in [5, 5.41) is 40.1. The molecule has 4 saturated carbocycles. The van der Waals surface area contributed by atoms with E-state index in [-0.39, 0.29) is 16.9 Å². The average Bonchev–Trinajstić information content (AvgIpc) is 3.67. The zero-order chi connectivity index (χ0) is 27.7. The summed E-state index contributed by atoms with van der Waals surface area (Å²) in [4.78, 5) is 12.4. The fraction of sp³-hybridized carbons (Fsp3) is 0.452. The second-order valence-electron chi connectivity index (χ2n) is 12.6. The predicted molar refractivity (Wildman–Crippen MR) is 153 cm³/mol. The highest BCUT2D eigenvalue weighted by Gasteiger charge is 2.64. The van der Waals surface area contributed by atoms with Crippen molar-refractivity contribution in [1.29, 1.82) is 5.26 Å². The largest absolute Gasteiger partial charge is 0.382 e. The van der Waals surface area contributed by atoms with Crippen LogP contribution < -0.4 is 10.6 Å². The minimum Gasteiger partial charge on any atom is -0.382 e. The number of nitriles is 1. The van der Waals surface area contributed by atoms with Gasteiger partial charge in [-0.2, -0.15) is 20.6 Å². The third-order valence-electron chi connectivity index (χ3n) is 9.33.